The molecular weight excluding hydrogens is 452 g/mol. The first kappa shape index (κ1) is 22.7. The van der Waals surface area contributed by atoms with Crippen LogP contribution in [-0.2, 0) is 15.1 Å². The van der Waals surface area contributed by atoms with Crippen LogP contribution >= 0.6 is 0 Å². The molecule has 10 nitrogen and oxygen atoms in total. The Morgan fingerprint density at radius 3 is 2.63 bits per heavy atom. The Bertz CT molecular complexity index is 1210. The molecule has 0 bridgehead atoms. The summed E-state index contributed by atoms with van der Waals surface area (Å²) in [6.07, 6.45) is 2.69. The van der Waals surface area contributed by atoms with E-state index in [1.54, 1.807) is 49.4 Å². The number of benzene rings is 2. The van der Waals surface area contributed by atoms with E-state index in [2.05, 4.69) is 16.0 Å². The highest BCUT2D eigenvalue weighted by Gasteiger charge is 2.49. The summed E-state index contributed by atoms with van der Waals surface area (Å²) in [7, 11) is 0. The molecule has 5 rings (SSSR count). The van der Waals surface area contributed by atoms with Gasteiger partial charge in [-0.25, -0.2) is 4.79 Å². The Balaban J connectivity index is 1.27. The third-order valence-corrected chi connectivity index (χ3v) is 6.22. The quantitative estimate of drug-likeness (QED) is 0.546. The molecule has 5 amide bonds. The number of nitrogens with zero attached hydrogens (tertiary/aromatic N) is 1. The van der Waals surface area contributed by atoms with E-state index in [9.17, 15) is 19.2 Å². The third kappa shape index (κ3) is 4.64. The van der Waals surface area contributed by atoms with Gasteiger partial charge >= 0.3 is 6.03 Å². The molecule has 10 heteroatoms. The van der Waals surface area contributed by atoms with Gasteiger partial charge in [0, 0.05) is 23.7 Å². The van der Waals surface area contributed by atoms with Crippen LogP contribution in [0.5, 0.6) is 11.5 Å². The van der Waals surface area contributed by atoms with Gasteiger partial charge in [-0.15, -0.1) is 0 Å². The van der Waals surface area contributed by atoms with Crippen molar-refractivity contribution in [2.75, 3.05) is 25.1 Å². The lowest BCUT2D eigenvalue weighted by molar-refractivity contribution is -0.133. The van der Waals surface area contributed by atoms with Crippen molar-refractivity contribution >= 4 is 29.4 Å². The van der Waals surface area contributed by atoms with Gasteiger partial charge in [-0.1, -0.05) is 12.1 Å². The molecule has 2 fully saturated rings. The minimum absolute atomic E-state index is 0.205. The predicted octanol–water partition coefficient (Wildman–Crippen LogP) is 2.15. The second-order valence-corrected chi connectivity index (χ2v) is 9.04. The largest absolute Gasteiger partial charge is 0.490 e. The van der Waals surface area contributed by atoms with Gasteiger partial charge in [-0.3, -0.25) is 19.3 Å². The summed E-state index contributed by atoms with van der Waals surface area (Å²) in [6.45, 7) is 2.15. The number of amides is 5. The van der Waals surface area contributed by atoms with Gasteiger partial charge in [0.05, 0.1) is 13.2 Å². The molecule has 1 unspecified atom stereocenters. The fourth-order valence-corrected chi connectivity index (χ4v) is 4.09. The summed E-state index contributed by atoms with van der Waals surface area (Å²) in [6, 6.07) is 11.2. The van der Waals surface area contributed by atoms with E-state index in [1.165, 1.54) is 0 Å². The topological polar surface area (TPSA) is 126 Å². The molecule has 3 N–H and O–H groups in total. The van der Waals surface area contributed by atoms with Gasteiger partial charge < -0.3 is 25.4 Å². The molecule has 1 saturated carbocycles. The lowest BCUT2D eigenvalue weighted by Crippen LogP contribution is -2.42. The van der Waals surface area contributed by atoms with Crippen LogP contribution < -0.4 is 25.4 Å². The Hall–Kier alpha value is -4.08. The number of nitrogens with one attached hydrogen (secondary N) is 3. The van der Waals surface area contributed by atoms with Gasteiger partial charge in [0.15, 0.2) is 11.5 Å². The van der Waals surface area contributed by atoms with Crippen LogP contribution in [0.3, 0.4) is 0 Å². The average molecular weight is 479 g/mol. The highest BCUT2D eigenvalue weighted by Crippen LogP contribution is 2.36. The minimum atomic E-state index is -1.36. The summed E-state index contributed by atoms with van der Waals surface area (Å²) < 4.78 is 11.3. The number of hydrogen-bond donors (Lipinski definition) is 3. The fourth-order valence-electron chi connectivity index (χ4n) is 4.09. The molecule has 1 saturated heterocycles. The lowest BCUT2D eigenvalue weighted by atomic mass is 9.91. The van der Waals surface area contributed by atoms with Crippen molar-refractivity contribution in [3.8, 4) is 11.5 Å². The average Bonchev–Trinajstić information content (AvgIpc) is 3.65. The van der Waals surface area contributed by atoms with Crippen molar-refractivity contribution in [3.05, 3.63) is 53.6 Å². The van der Waals surface area contributed by atoms with E-state index in [4.69, 9.17) is 9.47 Å². The molecule has 2 aromatic rings. The van der Waals surface area contributed by atoms with Gasteiger partial charge in [0.1, 0.15) is 12.1 Å². The van der Waals surface area contributed by atoms with E-state index >= 15 is 0 Å². The zero-order chi connectivity index (χ0) is 24.6. The van der Waals surface area contributed by atoms with Crippen LogP contribution in [0.4, 0.5) is 10.5 Å². The van der Waals surface area contributed by atoms with E-state index in [0.29, 0.717) is 41.5 Å². The number of carbonyl (C=O) groups is 4. The molecule has 2 aromatic carbocycles. The number of fused-ring (bicyclic) bond motifs is 1. The molecule has 2 aliphatic heterocycles. The normalized spacial score (nSPS) is 21.2. The third-order valence-electron chi connectivity index (χ3n) is 6.22. The molecule has 35 heavy (non-hydrogen) atoms. The highest BCUT2D eigenvalue weighted by molar-refractivity contribution is 6.10. The molecular formula is C25H26N4O6. The summed E-state index contributed by atoms with van der Waals surface area (Å²) in [4.78, 5) is 51.7. The van der Waals surface area contributed by atoms with Crippen molar-refractivity contribution < 1.29 is 28.7 Å². The number of ether oxygens (including phenoxy) is 2. The molecule has 182 valence electrons. The minimum Gasteiger partial charge on any atom is -0.490 e. The van der Waals surface area contributed by atoms with E-state index < -0.39 is 29.9 Å². The van der Waals surface area contributed by atoms with Crippen LogP contribution in [0.1, 0.15) is 42.1 Å². The van der Waals surface area contributed by atoms with Crippen LogP contribution in [0.15, 0.2) is 42.5 Å². The summed E-state index contributed by atoms with van der Waals surface area (Å²) in [5.74, 6) is -0.231. The maximum atomic E-state index is 13.3. The highest BCUT2D eigenvalue weighted by atomic mass is 16.5. The Morgan fingerprint density at radius 1 is 1.09 bits per heavy atom. The predicted molar refractivity (Wildman–Crippen MR) is 125 cm³/mol. The molecule has 1 aliphatic carbocycles. The number of imide groups is 1. The van der Waals surface area contributed by atoms with Gasteiger partial charge in [0.25, 0.3) is 11.8 Å². The fraction of sp³-hybridized carbons (Fsp3) is 0.360. The van der Waals surface area contributed by atoms with Crippen molar-refractivity contribution in [2.45, 2.75) is 37.8 Å². The van der Waals surface area contributed by atoms with Crippen LogP contribution in [0.25, 0.3) is 0 Å². The molecule has 0 aromatic heterocycles. The molecule has 1 atom stereocenters. The molecule has 0 spiro atoms. The first-order valence-corrected chi connectivity index (χ1v) is 11.6. The number of anilines is 1. The van der Waals surface area contributed by atoms with Crippen LogP contribution in [0, 0.1) is 0 Å². The molecule has 2 heterocycles. The SMILES string of the molecule is CC1(c2ccc3c(c2)OCCCO3)NC(=O)N(CC(=O)Nc2cccc(C(=O)NC3CC3)c2)C1=O. The summed E-state index contributed by atoms with van der Waals surface area (Å²) in [5, 5.41) is 8.25. The summed E-state index contributed by atoms with van der Waals surface area (Å²) >= 11 is 0. The number of rotatable bonds is 6. The Morgan fingerprint density at radius 2 is 1.86 bits per heavy atom. The standard InChI is InChI=1S/C25H26N4O6/c1-25(16-6-9-19-20(13-16)35-11-3-10-34-19)23(32)29(24(33)28-25)14-21(30)26-18-5-2-4-15(12-18)22(31)27-17-7-8-17/h2,4-6,9,12-13,17H,3,7-8,10-11,14H2,1H3,(H,26,30)(H,27,31)(H,28,33). The smallest absolute Gasteiger partial charge is 0.325 e. The summed E-state index contributed by atoms with van der Waals surface area (Å²) in [5.41, 5.74) is -0.0108. The second-order valence-electron chi connectivity index (χ2n) is 9.04. The van der Waals surface area contributed by atoms with E-state index in [1.807, 2.05) is 0 Å². The first-order chi connectivity index (χ1) is 16.8. The Kier molecular flexibility index (Phi) is 5.80. The zero-order valence-electron chi connectivity index (χ0n) is 19.3. The molecule has 0 radical (unpaired) electrons. The van der Waals surface area contributed by atoms with Crippen molar-refractivity contribution in [1.82, 2.24) is 15.5 Å². The van der Waals surface area contributed by atoms with Gasteiger partial charge in [-0.05, 0) is 55.7 Å². The zero-order valence-corrected chi connectivity index (χ0v) is 19.3. The second kappa shape index (κ2) is 8.94. The van der Waals surface area contributed by atoms with Gasteiger partial charge in [0.2, 0.25) is 5.91 Å². The van der Waals surface area contributed by atoms with Crippen molar-refractivity contribution in [2.24, 2.45) is 0 Å². The lowest BCUT2D eigenvalue weighted by Gasteiger charge is -2.23. The number of urea groups is 1. The van der Waals surface area contributed by atoms with Crippen LogP contribution in [-0.4, -0.2) is 54.5 Å². The number of hydrogen-bond acceptors (Lipinski definition) is 6. The van der Waals surface area contributed by atoms with Crippen molar-refractivity contribution in [1.29, 1.82) is 0 Å². The van der Waals surface area contributed by atoms with Crippen LogP contribution in [0.2, 0.25) is 0 Å². The van der Waals surface area contributed by atoms with Crippen molar-refractivity contribution in [3.63, 3.8) is 0 Å². The maximum Gasteiger partial charge on any atom is 0.325 e. The first-order valence-electron chi connectivity index (χ1n) is 11.6. The van der Waals surface area contributed by atoms with E-state index in [-0.39, 0.29) is 11.9 Å². The van der Waals surface area contributed by atoms with E-state index in [0.717, 1.165) is 24.2 Å². The Labute approximate surface area is 201 Å². The molecule has 3 aliphatic rings. The van der Waals surface area contributed by atoms with Gasteiger partial charge in [-0.2, -0.15) is 0 Å². The number of carbonyl (C=O) groups excluding carboxylic acids is 4. The maximum absolute atomic E-state index is 13.3. The monoisotopic (exact) mass is 478 g/mol.